The fraction of sp³-hybridized carbons (Fsp3) is 0.500. The Morgan fingerprint density at radius 3 is 2.34 bits per heavy atom. The molecular formula is C32H44N4O11. The average molecular weight is 661 g/mol. The van der Waals surface area contributed by atoms with Gasteiger partial charge < -0.3 is 34.6 Å². The molecule has 0 bridgehead atoms. The minimum absolute atomic E-state index is 0.0738. The second-order valence-electron chi connectivity index (χ2n) is 10.5. The first-order valence-electron chi connectivity index (χ1n) is 15.3. The zero-order chi connectivity index (χ0) is 34.9. The third-order valence-electron chi connectivity index (χ3n) is 7.28. The summed E-state index contributed by atoms with van der Waals surface area (Å²) in [5.74, 6) is -3.57. The number of esters is 2. The first kappa shape index (κ1) is 38.3. The summed E-state index contributed by atoms with van der Waals surface area (Å²) in [4.78, 5) is 74.1. The Morgan fingerprint density at radius 1 is 0.979 bits per heavy atom. The van der Waals surface area contributed by atoms with Gasteiger partial charge in [-0.25, -0.2) is 9.86 Å². The number of unbranched alkanes of at least 4 members (excludes halogenated alkanes) is 2. The van der Waals surface area contributed by atoms with Crippen LogP contribution in [0.2, 0.25) is 0 Å². The van der Waals surface area contributed by atoms with Crippen LogP contribution >= 0.6 is 0 Å². The lowest BCUT2D eigenvalue weighted by Crippen LogP contribution is -2.47. The lowest BCUT2D eigenvalue weighted by atomic mass is 9.90. The van der Waals surface area contributed by atoms with Gasteiger partial charge in [-0.05, 0) is 50.1 Å². The molecule has 0 aliphatic heterocycles. The zero-order valence-electron chi connectivity index (χ0n) is 27.3. The van der Waals surface area contributed by atoms with Gasteiger partial charge in [0.05, 0.1) is 45.9 Å². The van der Waals surface area contributed by atoms with E-state index in [4.69, 9.17) is 13.9 Å². The number of hydrogen-bond donors (Lipinski definition) is 4. The fourth-order valence-corrected chi connectivity index (χ4v) is 4.84. The Labute approximate surface area is 273 Å². The van der Waals surface area contributed by atoms with Crippen molar-refractivity contribution in [2.45, 2.75) is 71.4 Å². The number of hydroxylamine groups is 2. The minimum Gasteiger partial charge on any atom is -0.494 e. The van der Waals surface area contributed by atoms with Crippen LogP contribution in [0.25, 0.3) is 11.3 Å². The van der Waals surface area contributed by atoms with Crippen molar-refractivity contribution in [3.8, 4) is 17.1 Å². The molecule has 1 aromatic carbocycles. The first-order valence-corrected chi connectivity index (χ1v) is 15.3. The standard InChI is InChI=1S/C32H44N4O11/c1-6-9-10-11-23(25(7-2)36(43)19-37)30(40)33-18-34-31(41)27-13-12-26(47-27)20-14-21(16-22(15-20)46-8-3)29(39)35-24(32(42)45-5)17-28(38)44-4/h12-16,19,23-25,43H,6-11,17-18H2,1-5H3,(H,33,40)(H,34,41)(H,35,39)/t23-,24+,25-/m1/s1. The van der Waals surface area contributed by atoms with Crippen molar-refractivity contribution in [3.05, 3.63) is 41.7 Å². The third-order valence-corrected chi connectivity index (χ3v) is 7.28. The molecule has 0 saturated heterocycles. The number of carbonyl (C=O) groups is 6. The van der Waals surface area contributed by atoms with Gasteiger partial charge in [-0.1, -0.05) is 33.1 Å². The molecule has 0 fully saturated rings. The highest BCUT2D eigenvalue weighted by Crippen LogP contribution is 2.28. The monoisotopic (exact) mass is 660 g/mol. The van der Waals surface area contributed by atoms with Gasteiger partial charge in [0.2, 0.25) is 12.3 Å². The Kier molecular flexibility index (Phi) is 15.9. The van der Waals surface area contributed by atoms with E-state index in [1.54, 1.807) is 19.9 Å². The number of benzene rings is 1. The van der Waals surface area contributed by atoms with Crippen molar-refractivity contribution >= 4 is 36.1 Å². The number of ether oxygens (including phenoxy) is 3. The van der Waals surface area contributed by atoms with Crippen LogP contribution in [-0.4, -0.2) is 85.9 Å². The molecule has 15 heteroatoms. The van der Waals surface area contributed by atoms with E-state index in [0.717, 1.165) is 33.5 Å². The fourth-order valence-electron chi connectivity index (χ4n) is 4.84. The predicted octanol–water partition coefficient (Wildman–Crippen LogP) is 2.81. The van der Waals surface area contributed by atoms with E-state index in [9.17, 15) is 34.0 Å². The Morgan fingerprint density at radius 2 is 1.72 bits per heavy atom. The Hall–Kier alpha value is -4.92. The molecule has 0 spiro atoms. The number of rotatable bonds is 20. The molecule has 2 rings (SSSR count). The Bertz CT molecular complexity index is 1380. The molecule has 4 N–H and O–H groups in total. The number of nitrogens with one attached hydrogen (secondary N) is 3. The highest BCUT2D eigenvalue weighted by atomic mass is 16.5. The molecule has 0 unspecified atom stereocenters. The zero-order valence-corrected chi connectivity index (χ0v) is 27.3. The number of carbonyl (C=O) groups excluding carboxylic acids is 6. The summed E-state index contributed by atoms with van der Waals surface area (Å²) < 4.78 is 20.6. The molecule has 0 aliphatic carbocycles. The highest BCUT2D eigenvalue weighted by Gasteiger charge is 2.31. The molecule has 258 valence electrons. The van der Waals surface area contributed by atoms with Crippen LogP contribution in [0.1, 0.15) is 80.2 Å². The van der Waals surface area contributed by atoms with Crippen LogP contribution in [0.15, 0.2) is 34.7 Å². The first-order chi connectivity index (χ1) is 22.5. The van der Waals surface area contributed by atoms with E-state index in [1.807, 2.05) is 6.92 Å². The summed E-state index contributed by atoms with van der Waals surface area (Å²) in [5.41, 5.74) is 0.449. The summed E-state index contributed by atoms with van der Waals surface area (Å²) in [6, 6.07) is 5.41. The molecular weight excluding hydrogens is 616 g/mol. The van der Waals surface area contributed by atoms with Crippen LogP contribution in [0.3, 0.4) is 0 Å². The molecule has 3 atom stereocenters. The highest BCUT2D eigenvalue weighted by molar-refractivity contribution is 5.99. The van der Waals surface area contributed by atoms with E-state index in [-0.39, 0.29) is 36.8 Å². The van der Waals surface area contributed by atoms with Crippen LogP contribution in [0, 0.1) is 5.92 Å². The summed E-state index contributed by atoms with van der Waals surface area (Å²) in [5, 5.41) is 18.2. The SMILES string of the molecule is CCCCC[C@@H](C(=O)NCNC(=O)c1ccc(-c2cc(OCC)cc(C(=O)N[C@@H](CC(=O)OC)C(=O)OC)c2)o1)[C@@H](CC)N(O)C=O. The molecule has 2 aromatic rings. The molecule has 0 saturated carbocycles. The summed E-state index contributed by atoms with van der Waals surface area (Å²) in [7, 11) is 2.27. The maximum Gasteiger partial charge on any atom is 0.328 e. The number of methoxy groups -OCH3 is 2. The number of amides is 4. The maximum absolute atomic E-state index is 13.1. The van der Waals surface area contributed by atoms with Crippen LogP contribution in [0.5, 0.6) is 5.75 Å². The van der Waals surface area contributed by atoms with E-state index >= 15 is 0 Å². The van der Waals surface area contributed by atoms with Gasteiger partial charge in [-0.2, -0.15) is 0 Å². The van der Waals surface area contributed by atoms with E-state index in [2.05, 4.69) is 20.7 Å². The number of furan rings is 1. The maximum atomic E-state index is 13.1. The lowest BCUT2D eigenvalue weighted by molar-refractivity contribution is -0.168. The normalized spacial score (nSPS) is 12.6. The van der Waals surface area contributed by atoms with Crippen LogP contribution in [0.4, 0.5) is 0 Å². The van der Waals surface area contributed by atoms with Gasteiger partial charge in [-0.3, -0.25) is 29.2 Å². The van der Waals surface area contributed by atoms with Gasteiger partial charge in [0.25, 0.3) is 11.8 Å². The van der Waals surface area contributed by atoms with Gasteiger partial charge in [-0.15, -0.1) is 0 Å². The largest absolute Gasteiger partial charge is 0.494 e. The lowest BCUT2D eigenvalue weighted by Gasteiger charge is -2.29. The van der Waals surface area contributed by atoms with E-state index in [1.165, 1.54) is 24.3 Å². The van der Waals surface area contributed by atoms with E-state index < -0.39 is 54.1 Å². The number of hydrogen-bond acceptors (Lipinski definition) is 11. The molecule has 0 aliphatic rings. The van der Waals surface area contributed by atoms with Gasteiger partial charge >= 0.3 is 11.9 Å². The molecule has 47 heavy (non-hydrogen) atoms. The van der Waals surface area contributed by atoms with Gasteiger partial charge in [0.15, 0.2) is 5.76 Å². The summed E-state index contributed by atoms with van der Waals surface area (Å²) in [6.07, 6.45) is 3.18. The van der Waals surface area contributed by atoms with Gasteiger partial charge in [0.1, 0.15) is 17.6 Å². The quantitative estimate of drug-likeness (QED) is 0.0406. The van der Waals surface area contributed by atoms with E-state index in [0.29, 0.717) is 29.2 Å². The topological polar surface area (TPSA) is 203 Å². The van der Waals surface area contributed by atoms with Crippen LogP contribution in [-0.2, 0) is 28.7 Å². The molecule has 1 heterocycles. The van der Waals surface area contributed by atoms with Crippen molar-refractivity contribution in [3.63, 3.8) is 0 Å². The van der Waals surface area contributed by atoms with Crippen molar-refractivity contribution in [2.75, 3.05) is 27.5 Å². The van der Waals surface area contributed by atoms with Crippen molar-refractivity contribution < 1.29 is 52.6 Å². The minimum atomic E-state index is -1.30. The van der Waals surface area contributed by atoms with Crippen molar-refractivity contribution in [2.24, 2.45) is 5.92 Å². The Balaban J connectivity index is 2.18. The second kappa shape index (κ2) is 19.6. The molecule has 15 nitrogen and oxygen atoms in total. The predicted molar refractivity (Wildman–Crippen MR) is 167 cm³/mol. The summed E-state index contributed by atoms with van der Waals surface area (Å²) in [6.45, 7) is 5.57. The van der Waals surface area contributed by atoms with Crippen molar-refractivity contribution in [1.82, 2.24) is 21.0 Å². The van der Waals surface area contributed by atoms with Crippen molar-refractivity contribution in [1.29, 1.82) is 0 Å². The smallest absolute Gasteiger partial charge is 0.328 e. The van der Waals surface area contributed by atoms with Gasteiger partial charge in [0, 0.05) is 11.1 Å². The van der Waals surface area contributed by atoms with Crippen LogP contribution < -0.4 is 20.7 Å². The third kappa shape index (κ3) is 11.4. The molecule has 0 radical (unpaired) electrons. The molecule has 1 aromatic heterocycles. The number of nitrogens with zero attached hydrogens (tertiary/aromatic N) is 1. The average Bonchev–Trinajstić information content (AvgIpc) is 3.57. The second-order valence-corrected chi connectivity index (χ2v) is 10.5. The summed E-state index contributed by atoms with van der Waals surface area (Å²) >= 11 is 0. The molecule has 4 amide bonds.